The fraction of sp³-hybridized carbons (Fsp3) is 0.536. The molecule has 1 aromatic rings. The minimum absolute atomic E-state index is 0.0426. The Morgan fingerprint density at radius 3 is 2.45 bits per heavy atom. The minimum atomic E-state index is -1.19. The first-order valence-corrected chi connectivity index (χ1v) is 13.5. The molecule has 3 aliphatic carbocycles. The summed E-state index contributed by atoms with van der Waals surface area (Å²) < 4.78 is 5.43. The van der Waals surface area contributed by atoms with Crippen LogP contribution in [0.3, 0.4) is 0 Å². The third-order valence-corrected chi connectivity index (χ3v) is 8.99. The van der Waals surface area contributed by atoms with Crippen molar-refractivity contribution < 1.29 is 34.4 Å². The van der Waals surface area contributed by atoms with E-state index in [0.29, 0.717) is 38.9 Å². The number of hydrogen-bond acceptors (Lipinski definition) is 9. The van der Waals surface area contributed by atoms with Crippen molar-refractivity contribution >= 4 is 28.9 Å². The van der Waals surface area contributed by atoms with Crippen LogP contribution < -0.4 is 16.0 Å². The molecule has 0 spiro atoms. The van der Waals surface area contributed by atoms with Gasteiger partial charge in [0.15, 0.2) is 11.6 Å². The van der Waals surface area contributed by atoms with Gasteiger partial charge in [-0.2, -0.15) is 0 Å². The Kier molecular flexibility index (Phi) is 6.19. The number of rotatable bonds is 4. The molecule has 0 radical (unpaired) electrons. The van der Waals surface area contributed by atoms with Gasteiger partial charge in [-0.25, -0.2) is 0 Å². The number of hydrogen-bond donors (Lipinski definition) is 5. The first-order chi connectivity index (χ1) is 18.3. The molecule has 38 heavy (non-hydrogen) atoms. The Balaban J connectivity index is 1.44. The van der Waals surface area contributed by atoms with Gasteiger partial charge < -0.3 is 36.0 Å². The summed E-state index contributed by atoms with van der Waals surface area (Å²) >= 11 is 0. The molecular weight excluding hydrogens is 490 g/mol. The number of aromatic hydroxyl groups is 1. The van der Waals surface area contributed by atoms with E-state index in [1.54, 1.807) is 0 Å². The van der Waals surface area contributed by atoms with E-state index < -0.39 is 52.6 Å². The van der Waals surface area contributed by atoms with E-state index in [9.17, 15) is 29.7 Å². The Morgan fingerprint density at radius 2 is 1.76 bits per heavy atom. The zero-order valence-electron chi connectivity index (χ0n) is 21.1. The van der Waals surface area contributed by atoms with Crippen LogP contribution in [0.15, 0.2) is 29.0 Å². The molecule has 1 saturated carbocycles. The fourth-order valence-electron chi connectivity index (χ4n) is 7.22. The average Bonchev–Trinajstić information content (AvgIpc) is 3.41. The molecule has 0 aromatic heterocycles. The van der Waals surface area contributed by atoms with Gasteiger partial charge in [0.05, 0.1) is 17.5 Å². The van der Waals surface area contributed by atoms with Crippen LogP contribution in [0.2, 0.25) is 0 Å². The van der Waals surface area contributed by atoms with Crippen LogP contribution in [-0.2, 0) is 25.5 Å². The molecule has 1 aromatic carbocycles. The number of Topliss-reactive ketones (excluding diaryl/α,β-unsaturated/α-hetero) is 2. The quantitative estimate of drug-likeness (QED) is 0.369. The van der Waals surface area contributed by atoms with Crippen LogP contribution in [0.5, 0.6) is 5.75 Å². The van der Waals surface area contributed by atoms with Gasteiger partial charge in [-0.05, 0) is 68.1 Å². The Hall–Kier alpha value is -3.37. The summed E-state index contributed by atoms with van der Waals surface area (Å²) in [6.45, 7) is 2.84. The van der Waals surface area contributed by atoms with Crippen LogP contribution in [-0.4, -0.2) is 71.2 Å². The molecule has 202 valence electrons. The van der Waals surface area contributed by atoms with Gasteiger partial charge in [-0.3, -0.25) is 14.4 Å². The van der Waals surface area contributed by atoms with Crippen LogP contribution in [0.1, 0.15) is 43.2 Å². The molecule has 2 aliphatic heterocycles. The first kappa shape index (κ1) is 24.9. The molecule has 1 unspecified atom stereocenters. The molecule has 2 heterocycles. The maximum atomic E-state index is 14.0. The van der Waals surface area contributed by atoms with E-state index in [2.05, 4.69) is 10.2 Å². The van der Waals surface area contributed by atoms with Crippen molar-refractivity contribution in [3.8, 4) is 5.75 Å². The zero-order valence-corrected chi connectivity index (χ0v) is 21.1. The van der Waals surface area contributed by atoms with E-state index in [0.717, 1.165) is 37.2 Å². The van der Waals surface area contributed by atoms with Crippen LogP contribution >= 0.6 is 0 Å². The molecular formula is C28H33N3O7. The summed E-state index contributed by atoms with van der Waals surface area (Å²) in [5, 5.41) is 36.5. The number of nitrogens with zero attached hydrogens (tertiary/aromatic N) is 1. The molecule has 10 nitrogen and oxygen atoms in total. The number of phenolic OH excluding ortho intramolecular Hbond substituents is 1. The largest absolute Gasteiger partial charge is 0.511 e. The Labute approximate surface area is 220 Å². The second kappa shape index (κ2) is 9.43. The Morgan fingerprint density at radius 1 is 1.05 bits per heavy atom. The second-order valence-electron chi connectivity index (χ2n) is 11.1. The van der Waals surface area contributed by atoms with Crippen molar-refractivity contribution in [3.63, 3.8) is 0 Å². The van der Waals surface area contributed by atoms with Crippen molar-refractivity contribution in [2.45, 2.75) is 50.6 Å². The number of fused-ring (bicyclic) bond motifs is 3. The van der Waals surface area contributed by atoms with E-state index in [-0.39, 0.29) is 28.7 Å². The van der Waals surface area contributed by atoms with Crippen molar-refractivity contribution in [1.29, 1.82) is 0 Å². The Bertz CT molecular complexity index is 1270. The summed E-state index contributed by atoms with van der Waals surface area (Å²) in [6, 6.07) is 2.48. The van der Waals surface area contributed by atoms with Gasteiger partial charge in [0.25, 0.3) is 5.91 Å². The lowest BCUT2D eigenvalue weighted by atomic mass is 9.60. The highest BCUT2D eigenvalue weighted by molar-refractivity contribution is 6.23. The lowest BCUT2D eigenvalue weighted by molar-refractivity contribution is -0.130. The number of benzene rings is 1. The molecule has 5 aliphatic rings. The molecule has 10 heteroatoms. The van der Waals surface area contributed by atoms with Gasteiger partial charge in [0.2, 0.25) is 0 Å². The summed E-state index contributed by atoms with van der Waals surface area (Å²) in [4.78, 5) is 41.9. The summed E-state index contributed by atoms with van der Waals surface area (Å²) in [7, 11) is 0. The van der Waals surface area contributed by atoms with Crippen molar-refractivity contribution in [1.82, 2.24) is 5.32 Å². The number of allylic oxidation sites excluding steroid dienone is 2. The fourth-order valence-corrected chi connectivity index (χ4v) is 7.22. The predicted octanol–water partition coefficient (Wildman–Crippen LogP) is 1.66. The number of primary amides is 1. The van der Waals surface area contributed by atoms with Gasteiger partial charge in [-0.1, -0.05) is 0 Å². The average molecular weight is 524 g/mol. The predicted molar refractivity (Wildman–Crippen MR) is 138 cm³/mol. The number of amides is 1. The number of ketones is 2. The topological polar surface area (TPSA) is 162 Å². The van der Waals surface area contributed by atoms with Crippen molar-refractivity contribution in [2.75, 3.05) is 31.2 Å². The number of phenols is 1. The molecule has 1 amide bonds. The van der Waals surface area contributed by atoms with E-state index in [4.69, 9.17) is 10.5 Å². The minimum Gasteiger partial charge on any atom is -0.511 e. The maximum Gasteiger partial charge on any atom is 0.255 e. The van der Waals surface area contributed by atoms with E-state index >= 15 is 0 Å². The highest BCUT2D eigenvalue weighted by Crippen LogP contribution is 2.52. The van der Waals surface area contributed by atoms with Gasteiger partial charge in [-0.15, -0.1) is 0 Å². The summed E-state index contributed by atoms with van der Waals surface area (Å²) in [5.74, 6) is -5.46. The van der Waals surface area contributed by atoms with Crippen molar-refractivity contribution in [3.05, 3.63) is 40.2 Å². The zero-order chi connectivity index (χ0) is 26.7. The molecule has 6 N–H and O–H groups in total. The molecule has 0 bridgehead atoms. The highest BCUT2D eigenvalue weighted by atomic mass is 16.5. The van der Waals surface area contributed by atoms with Crippen LogP contribution in [0.4, 0.5) is 5.69 Å². The van der Waals surface area contributed by atoms with Gasteiger partial charge in [0.1, 0.15) is 22.8 Å². The smallest absolute Gasteiger partial charge is 0.255 e. The third-order valence-electron chi connectivity index (χ3n) is 8.99. The standard InChI is InChI=1S/C28H33N3O7/c29-28(37)22-26(35)21-16(23(27(22)36)30-14-5-9-38-10-6-14)12-13-11-15-17(31-7-1-2-8-31)3-4-18(32)20(15)24(33)19(13)25(21)34/h3-4,13-14,16,21,23,30,32-33,35H,1-2,5-12H2,(H2,29,37)/t13-,16+,21?,23+/m0/s1. The van der Waals surface area contributed by atoms with Crippen LogP contribution in [0.25, 0.3) is 5.76 Å². The number of carbonyl (C=O) groups is 3. The first-order valence-electron chi connectivity index (χ1n) is 13.5. The number of aliphatic hydroxyl groups is 2. The number of nitrogens with one attached hydrogen (secondary N) is 1. The molecule has 3 fully saturated rings. The molecule has 2 saturated heterocycles. The summed E-state index contributed by atoms with van der Waals surface area (Å²) in [5.41, 5.74) is 7.03. The maximum absolute atomic E-state index is 14.0. The van der Waals surface area contributed by atoms with Crippen molar-refractivity contribution in [2.24, 2.45) is 23.5 Å². The van der Waals surface area contributed by atoms with Gasteiger partial charge >= 0.3 is 0 Å². The number of nitrogens with two attached hydrogens (primary N) is 1. The number of ether oxygens (including phenoxy) is 1. The SMILES string of the molecule is NC(=O)C1=C(O)C2C(=O)C3=C(O)c4c(O)ccc(N5CCCC5)c4C[C@H]3C[C@H]2[C@@H](NC2CCOCC2)C1=O. The molecule has 4 atom stereocenters. The van der Waals surface area contributed by atoms with E-state index in [1.165, 1.54) is 6.07 Å². The highest BCUT2D eigenvalue weighted by Gasteiger charge is 2.55. The number of carbonyl (C=O) groups excluding carboxylic acids is 3. The monoisotopic (exact) mass is 523 g/mol. The number of anilines is 1. The lowest BCUT2D eigenvalue weighted by Gasteiger charge is -2.45. The lowest BCUT2D eigenvalue weighted by Crippen LogP contribution is -2.59. The second-order valence-corrected chi connectivity index (χ2v) is 11.1. The normalized spacial score (nSPS) is 29.8. The third kappa shape index (κ3) is 3.80. The van der Waals surface area contributed by atoms with E-state index in [1.807, 2.05) is 6.07 Å². The van der Waals surface area contributed by atoms with Gasteiger partial charge in [0, 0.05) is 43.6 Å². The summed E-state index contributed by atoms with van der Waals surface area (Å²) in [6.07, 6.45) is 4.23. The molecule has 6 rings (SSSR count). The number of aliphatic hydroxyl groups excluding tert-OH is 2. The van der Waals surface area contributed by atoms with Crippen LogP contribution in [0, 0.1) is 17.8 Å².